The summed E-state index contributed by atoms with van der Waals surface area (Å²) >= 11 is 0. The molecule has 328 valence electrons. The molecule has 2 aromatic carbocycles. The highest BCUT2D eigenvalue weighted by Gasteiger charge is 2.45. The quantitative estimate of drug-likeness (QED) is 0.0871. The average Bonchev–Trinajstić information content (AvgIpc) is 3.59. The first kappa shape index (κ1) is 46.2. The van der Waals surface area contributed by atoms with Gasteiger partial charge in [0.1, 0.15) is 36.3 Å². The van der Waals surface area contributed by atoms with E-state index in [4.69, 9.17) is 4.98 Å². The summed E-state index contributed by atoms with van der Waals surface area (Å²) < 4.78 is 61.5. The van der Waals surface area contributed by atoms with Gasteiger partial charge in [0.2, 0.25) is 17.7 Å². The maximum atomic E-state index is 15.3. The van der Waals surface area contributed by atoms with Crippen LogP contribution in [-0.2, 0) is 32.1 Å². The number of rotatable bonds is 15. The lowest BCUT2D eigenvalue weighted by Crippen LogP contribution is -2.53. The second kappa shape index (κ2) is 21.1. The number of imidazole rings is 1. The standard InChI is InChI=1S/C38H46F4N8O3.C3H7NO.C2H6/c1-4-29(44-3)37(52)48-17-23(41)11-25(48)15-28-27-9-7-21(39)13-30(27)45-35(28)36-46-31-14-22(40)8-10-32(31)50(36)19-26-12-24(42)18-49(26)38(53)34(20-5-6-20)47-33(51)16-43-2;1-4-2-3-5;1-2/h7-10,13-14,20,23-26,29,34,43-45H,4-6,11-12,15-19H2,1-3H3,(H,47,51);3-4H,2H2,1H3;1-2H3. The molecule has 17 heteroatoms. The fraction of sp³-hybridized carbons (Fsp3) is 0.558. The average molecular weight is 842 g/mol. The fourth-order valence-corrected chi connectivity index (χ4v) is 8.34. The predicted octanol–water partition coefficient (Wildman–Crippen LogP) is 4.43. The summed E-state index contributed by atoms with van der Waals surface area (Å²) in [5, 5.41) is 12.0. The van der Waals surface area contributed by atoms with Crippen LogP contribution in [0.25, 0.3) is 33.5 Å². The minimum Gasteiger partial charge on any atom is -0.352 e. The number of carbonyl (C=O) groups is 4. The fourth-order valence-electron chi connectivity index (χ4n) is 8.34. The first-order valence-electron chi connectivity index (χ1n) is 21.0. The third kappa shape index (κ3) is 10.5. The lowest BCUT2D eigenvalue weighted by atomic mass is 9.99. The zero-order chi connectivity index (χ0) is 43.7. The van der Waals surface area contributed by atoms with E-state index >= 15 is 8.78 Å². The van der Waals surface area contributed by atoms with Crippen LogP contribution in [0.3, 0.4) is 0 Å². The third-order valence-electron chi connectivity index (χ3n) is 11.3. The molecule has 0 spiro atoms. The summed E-state index contributed by atoms with van der Waals surface area (Å²) in [5.74, 6) is -1.54. The van der Waals surface area contributed by atoms with E-state index in [0.29, 0.717) is 52.0 Å². The molecule has 0 bridgehead atoms. The summed E-state index contributed by atoms with van der Waals surface area (Å²) in [6, 6.07) is 6.09. The molecule has 60 heavy (non-hydrogen) atoms. The van der Waals surface area contributed by atoms with Crippen LogP contribution in [-0.4, -0.2) is 132 Å². The normalized spacial score (nSPS) is 21.0. The number of benzene rings is 2. The molecule has 1 saturated carbocycles. The van der Waals surface area contributed by atoms with Crippen molar-refractivity contribution in [1.82, 2.24) is 45.6 Å². The number of H-pyrrole nitrogens is 1. The van der Waals surface area contributed by atoms with Crippen LogP contribution < -0.4 is 21.3 Å². The SMILES string of the molecule is CC.CCC(NC)C(=O)N1CC(F)CC1Cc1c(-c2nc3cc(F)ccc3n2CC2CC(F)CN2C(=O)C(NC(=O)CNC)C2CC2)[nH]c2cc(F)ccc12.CNCC=O. The Labute approximate surface area is 348 Å². The van der Waals surface area contributed by atoms with Gasteiger partial charge in [0.05, 0.1) is 55.0 Å². The van der Waals surface area contributed by atoms with E-state index in [2.05, 4.69) is 26.3 Å². The van der Waals surface area contributed by atoms with Crippen molar-refractivity contribution in [3.05, 3.63) is 53.6 Å². The number of hydrogen-bond acceptors (Lipinski definition) is 8. The molecule has 2 saturated heterocycles. The molecule has 3 fully saturated rings. The molecule has 3 aliphatic rings. The molecule has 6 atom stereocenters. The number of halogens is 4. The Bertz CT molecular complexity index is 2100. The maximum absolute atomic E-state index is 15.3. The van der Waals surface area contributed by atoms with Crippen molar-refractivity contribution in [2.45, 2.75) is 102 Å². The van der Waals surface area contributed by atoms with Gasteiger partial charge in [-0.3, -0.25) is 14.4 Å². The predicted molar refractivity (Wildman–Crippen MR) is 224 cm³/mol. The van der Waals surface area contributed by atoms with Crippen molar-refractivity contribution in [3.8, 4) is 11.5 Å². The van der Waals surface area contributed by atoms with Crippen molar-refractivity contribution < 1.29 is 36.7 Å². The van der Waals surface area contributed by atoms with E-state index in [1.807, 2.05) is 25.3 Å². The van der Waals surface area contributed by atoms with Gasteiger partial charge < -0.3 is 45.4 Å². The number of fused-ring (bicyclic) bond motifs is 2. The van der Waals surface area contributed by atoms with E-state index in [9.17, 15) is 28.0 Å². The van der Waals surface area contributed by atoms with Gasteiger partial charge in [-0.15, -0.1) is 0 Å². The Morgan fingerprint density at radius 2 is 1.57 bits per heavy atom. The van der Waals surface area contributed by atoms with Crippen LogP contribution in [0.1, 0.15) is 58.4 Å². The van der Waals surface area contributed by atoms with Gasteiger partial charge in [-0.25, -0.2) is 22.5 Å². The lowest BCUT2D eigenvalue weighted by Gasteiger charge is -2.30. The molecule has 4 aromatic rings. The molecule has 4 heterocycles. The Kier molecular flexibility index (Phi) is 16.2. The summed E-state index contributed by atoms with van der Waals surface area (Å²) in [4.78, 5) is 60.7. The van der Waals surface area contributed by atoms with Crippen molar-refractivity contribution in [3.63, 3.8) is 0 Å². The highest BCUT2D eigenvalue weighted by atomic mass is 19.1. The third-order valence-corrected chi connectivity index (χ3v) is 11.3. The molecular formula is C43H59F4N9O4. The number of likely N-dealkylation sites (N-methyl/N-ethyl adjacent to an activating group) is 3. The number of hydrogen-bond donors (Lipinski definition) is 5. The Hall–Kier alpha value is -4.87. The van der Waals surface area contributed by atoms with Crippen LogP contribution >= 0.6 is 0 Å². The Morgan fingerprint density at radius 3 is 2.17 bits per heavy atom. The monoisotopic (exact) mass is 841 g/mol. The zero-order valence-corrected chi connectivity index (χ0v) is 35.3. The van der Waals surface area contributed by atoms with Crippen molar-refractivity contribution >= 4 is 45.9 Å². The summed E-state index contributed by atoms with van der Waals surface area (Å²) in [5.41, 5.74) is 2.46. The highest BCUT2D eigenvalue weighted by molar-refractivity contribution is 5.92. The number of alkyl halides is 2. The second-order valence-corrected chi connectivity index (χ2v) is 15.4. The van der Waals surface area contributed by atoms with Crippen LogP contribution in [0.15, 0.2) is 36.4 Å². The van der Waals surface area contributed by atoms with Gasteiger partial charge in [-0.05, 0) is 88.6 Å². The molecule has 0 radical (unpaired) electrons. The van der Waals surface area contributed by atoms with Gasteiger partial charge in [-0.2, -0.15) is 0 Å². The Morgan fingerprint density at radius 1 is 0.917 bits per heavy atom. The van der Waals surface area contributed by atoms with Crippen LogP contribution in [0, 0.1) is 17.6 Å². The topological polar surface area (TPSA) is 156 Å². The molecule has 6 unspecified atom stereocenters. The van der Waals surface area contributed by atoms with Crippen LogP contribution in [0.5, 0.6) is 0 Å². The largest absolute Gasteiger partial charge is 0.352 e. The van der Waals surface area contributed by atoms with Crippen LogP contribution in [0.4, 0.5) is 17.6 Å². The number of aromatic nitrogens is 3. The molecular weight excluding hydrogens is 783 g/mol. The molecule has 13 nitrogen and oxygen atoms in total. The number of likely N-dealkylation sites (tertiary alicyclic amines) is 2. The molecule has 1 aliphatic carbocycles. The van der Waals surface area contributed by atoms with E-state index in [1.165, 1.54) is 29.2 Å². The summed E-state index contributed by atoms with van der Waals surface area (Å²) in [6.07, 6.45) is 0.757. The van der Waals surface area contributed by atoms with Crippen molar-refractivity contribution in [2.75, 3.05) is 47.3 Å². The number of carbonyl (C=O) groups excluding carboxylic acids is 4. The number of amides is 3. The van der Waals surface area contributed by atoms with E-state index in [0.717, 1.165) is 19.1 Å². The number of aromatic amines is 1. The maximum Gasteiger partial charge on any atom is 0.245 e. The van der Waals surface area contributed by atoms with Gasteiger partial charge in [0.25, 0.3) is 0 Å². The van der Waals surface area contributed by atoms with E-state index in [1.54, 1.807) is 38.2 Å². The highest BCUT2D eigenvalue weighted by Crippen LogP contribution is 2.38. The second-order valence-electron chi connectivity index (χ2n) is 15.4. The number of nitrogens with zero attached hydrogens (tertiary/aromatic N) is 4. The van der Waals surface area contributed by atoms with Gasteiger partial charge in [-0.1, -0.05) is 20.8 Å². The minimum absolute atomic E-state index is 0.0313. The van der Waals surface area contributed by atoms with Gasteiger partial charge in [0, 0.05) is 42.4 Å². The van der Waals surface area contributed by atoms with Crippen molar-refractivity contribution in [1.29, 1.82) is 0 Å². The smallest absolute Gasteiger partial charge is 0.245 e. The molecule has 5 N–H and O–H groups in total. The molecule has 2 aliphatic heterocycles. The van der Waals surface area contributed by atoms with E-state index in [-0.39, 0.29) is 69.1 Å². The zero-order valence-electron chi connectivity index (χ0n) is 35.3. The lowest BCUT2D eigenvalue weighted by molar-refractivity contribution is -0.138. The molecule has 2 aromatic heterocycles. The van der Waals surface area contributed by atoms with Crippen LogP contribution in [0.2, 0.25) is 0 Å². The van der Waals surface area contributed by atoms with Crippen molar-refractivity contribution in [2.24, 2.45) is 5.92 Å². The van der Waals surface area contributed by atoms with Gasteiger partial charge >= 0.3 is 0 Å². The van der Waals surface area contributed by atoms with E-state index < -0.39 is 48.1 Å². The summed E-state index contributed by atoms with van der Waals surface area (Å²) in [7, 11) is 5.06. The molecule has 7 rings (SSSR count). The summed E-state index contributed by atoms with van der Waals surface area (Å²) in [6.45, 7) is 6.29. The number of aldehydes is 1. The molecule has 3 amide bonds. The minimum atomic E-state index is -1.30. The first-order valence-corrected chi connectivity index (χ1v) is 21.0. The Balaban J connectivity index is 0.000000909. The first-order chi connectivity index (χ1) is 28.9. The number of nitrogens with one attached hydrogen (secondary N) is 5. The van der Waals surface area contributed by atoms with Gasteiger partial charge in [0.15, 0.2) is 5.82 Å².